The number of thiophene rings is 1. The van der Waals surface area contributed by atoms with Gasteiger partial charge in [0.15, 0.2) is 5.06 Å². The zero-order valence-electron chi connectivity index (χ0n) is 14.9. The molecule has 25 heavy (non-hydrogen) atoms. The van der Waals surface area contributed by atoms with Crippen LogP contribution >= 0.6 is 11.3 Å². The highest BCUT2D eigenvalue weighted by molar-refractivity contribution is 7.11. The van der Waals surface area contributed by atoms with Crippen molar-refractivity contribution in [3.63, 3.8) is 0 Å². The molecule has 0 saturated heterocycles. The number of pyridine rings is 1. The molecule has 134 valence electrons. The third-order valence-corrected chi connectivity index (χ3v) is 4.59. The van der Waals surface area contributed by atoms with Crippen molar-refractivity contribution in [2.24, 2.45) is 0 Å². The maximum absolute atomic E-state index is 12.5. The van der Waals surface area contributed by atoms with Gasteiger partial charge in [0, 0.05) is 18.7 Å². The molecular weight excluding hydrogens is 336 g/mol. The molecule has 0 bridgehead atoms. The van der Waals surface area contributed by atoms with E-state index in [0.717, 1.165) is 35.0 Å². The molecule has 6 heteroatoms. The van der Waals surface area contributed by atoms with Crippen molar-refractivity contribution >= 4 is 23.2 Å². The average Bonchev–Trinajstić information content (AvgIpc) is 3.06. The smallest absolute Gasteiger partial charge is 0.416 e. The number of carbonyl (C=O) groups excluding carboxylic acids is 1. The SMILES string of the molecule is CC(C)(C)OC(=O)N1CCCc2ccc(CCOc3cccs3)nc21. The van der Waals surface area contributed by atoms with Crippen molar-refractivity contribution < 1.29 is 14.3 Å². The highest BCUT2D eigenvalue weighted by Gasteiger charge is 2.28. The van der Waals surface area contributed by atoms with Crippen LogP contribution in [0.15, 0.2) is 29.6 Å². The lowest BCUT2D eigenvalue weighted by molar-refractivity contribution is 0.0576. The summed E-state index contributed by atoms with van der Waals surface area (Å²) in [6.45, 7) is 6.84. The highest BCUT2D eigenvalue weighted by atomic mass is 32.1. The van der Waals surface area contributed by atoms with Gasteiger partial charge >= 0.3 is 6.09 Å². The van der Waals surface area contributed by atoms with Crippen molar-refractivity contribution in [2.75, 3.05) is 18.1 Å². The molecule has 2 aromatic rings. The third kappa shape index (κ3) is 4.72. The summed E-state index contributed by atoms with van der Waals surface area (Å²) in [6.07, 6.45) is 2.24. The van der Waals surface area contributed by atoms with Gasteiger partial charge in [0.25, 0.3) is 0 Å². The fraction of sp³-hybridized carbons (Fsp3) is 0.474. The van der Waals surface area contributed by atoms with E-state index in [2.05, 4.69) is 6.07 Å². The lowest BCUT2D eigenvalue weighted by Gasteiger charge is -2.31. The van der Waals surface area contributed by atoms with E-state index in [4.69, 9.17) is 14.5 Å². The van der Waals surface area contributed by atoms with E-state index in [9.17, 15) is 4.79 Å². The number of fused-ring (bicyclic) bond motifs is 1. The third-order valence-electron chi connectivity index (χ3n) is 3.81. The van der Waals surface area contributed by atoms with Gasteiger partial charge in [-0.25, -0.2) is 9.78 Å². The summed E-state index contributed by atoms with van der Waals surface area (Å²) in [6, 6.07) is 8.01. The van der Waals surface area contributed by atoms with Crippen molar-refractivity contribution in [2.45, 2.75) is 45.6 Å². The predicted octanol–water partition coefficient (Wildman–Crippen LogP) is 4.45. The summed E-state index contributed by atoms with van der Waals surface area (Å²) in [4.78, 5) is 18.9. The number of aryl methyl sites for hydroxylation is 1. The molecule has 1 amide bonds. The second kappa shape index (κ2) is 7.44. The first-order valence-corrected chi connectivity index (χ1v) is 9.46. The van der Waals surface area contributed by atoms with Gasteiger partial charge in [0.1, 0.15) is 11.4 Å². The lowest BCUT2D eigenvalue weighted by atomic mass is 10.1. The van der Waals surface area contributed by atoms with Crippen LogP contribution in [0.25, 0.3) is 0 Å². The fourth-order valence-corrected chi connectivity index (χ4v) is 3.31. The van der Waals surface area contributed by atoms with E-state index in [1.54, 1.807) is 16.2 Å². The molecule has 0 aromatic carbocycles. The Kier molecular flexibility index (Phi) is 5.27. The minimum atomic E-state index is -0.513. The van der Waals surface area contributed by atoms with E-state index >= 15 is 0 Å². The Hall–Kier alpha value is -2.08. The van der Waals surface area contributed by atoms with Crippen LogP contribution in [0.2, 0.25) is 0 Å². The first kappa shape index (κ1) is 17.7. The van der Waals surface area contributed by atoms with Gasteiger partial charge < -0.3 is 9.47 Å². The molecule has 0 radical (unpaired) electrons. The molecular formula is C19H24N2O3S. The Morgan fingerprint density at radius 1 is 1.32 bits per heavy atom. The first-order chi connectivity index (χ1) is 11.9. The van der Waals surface area contributed by atoms with E-state index in [1.165, 1.54) is 0 Å². The second-order valence-corrected chi connectivity index (χ2v) is 7.96. The van der Waals surface area contributed by atoms with E-state index in [1.807, 2.05) is 44.4 Å². The quantitative estimate of drug-likeness (QED) is 0.808. The molecule has 1 aliphatic rings. The van der Waals surface area contributed by atoms with Crippen LogP contribution in [-0.2, 0) is 17.6 Å². The fourth-order valence-electron chi connectivity index (χ4n) is 2.71. The highest BCUT2D eigenvalue weighted by Crippen LogP contribution is 2.27. The van der Waals surface area contributed by atoms with Gasteiger partial charge in [-0.3, -0.25) is 4.90 Å². The van der Waals surface area contributed by atoms with Gasteiger partial charge in [0.2, 0.25) is 0 Å². The maximum atomic E-state index is 12.5. The Bertz CT molecular complexity index is 723. The van der Waals surface area contributed by atoms with Gasteiger partial charge in [-0.15, -0.1) is 11.3 Å². The lowest BCUT2D eigenvalue weighted by Crippen LogP contribution is -2.40. The van der Waals surface area contributed by atoms with E-state index in [-0.39, 0.29) is 6.09 Å². The molecule has 0 aliphatic carbocycles. The molecule has 2 aromatic heterocycles. The number of carbonyl (C=O) groups is 1. The molecule has 3 heterocycles. The summed E-state index contributed by atoms with van der Waals surface area (Å²) in [5.74, 6) is 0.731. The minimum Gasteiger partial charge on any atom is -0.484 e. The summed E-state index contributed by atoms with van der Waals surface area (Å²) in [5.41, 5.74) is 1.51. The Morgan fingerprint density at radius 3 is 2.88 bits per heavy atom. The maximum Gasteiger partial charge on any atom is 0.416 e. The number of hydrogen-bond acceptors (Lipinski definition) is 5. The predicted molar refractivity (Wildman–Crippen MR) is 99.7 cm³/mol. The first-order valence-electron chi connectivity index (χ1n) is 8.58. The summed E-state index contributed by atoms with van der Waals surface area (Å²) >= 11 is 1.58. The second-order valence-electron chi connectivity index (χ2n) is 7.05. The molecule has 0 fully saturated rings. The molecule has 0 N–H and O–H groups in total. The van der Waals surface area contributed by atoms with Crippen LogP contribution in [0.5, 0.6) is 5.06 Å². The van der Waals surface area contributed by atoms with Gasteiger partial charge in [-0.1, -0.05) is 6.07 Å². The summed E-state index contributed by atoms with van der Waals surface area (Å²) < 4.78 is 11.2. The monoisotopic (exact) mass is 360 g/mol. The Labute approximate surface area is 152 Å². The van der Waals surface area contributed by atoms with E-state index < -0.39 is 5.60 Å². The number of ether oxygens (including phenoxy) is 2. The average molecular weight is 360 g/mol. The standard InChI is InChI=1S/C19H24N2O3S/c1-19(2,3)24-18(22)21-11-4-6-14-8-9-15(20-17(14)21)10-12-23-16-7-5-13-25-16/h5,7-9,13H,4,6,10-12H2,1-3H3. The molecule has 0 unspecified atom stereocenters. The number of nitrogens with zero attached hydrogens (tertiary/aromatic N) is 2. The van der Waals surface area contributed by atoms with Crippen LogP contribution < -0.4 is 9.64 Å². The molecule has 5 nitrogen and oxygen atoms in total. The van der Waals surface area contributed by atoms with Gasteiger partial charge in [0.05, 0.1) is 6.61 Å². The van der Waals surface area contributed by atoms with Crippen molar-refractivity contribution in [3.8, 4) is 5.06 Å². The van der Waals surface area contributed by atoms with Crippen molar-refractivity contribution in [1.29, 1.82) is 0 Å². The summed E-state index contributed by atoms with van der Waals surface area (Å²) in [7, 11) is 0. The zero-order valence-corrected chi connectivity index (χ0v) is 15.8. The molecule has 1 aliphatic heterocycles. The molecule has 3 rings (SSSR count). The molecule has 0 spiro atoms. The zero-order chi connectivity index (χ0) is 17.9. The number of anilines is 1. The van der Waals surface area contributed by atoms with Crippen LogP contribution in [-0.4, -0.2) is 29.8 Å². The number of aromatic nitrogens is 1. The van der Waals surface area contributed by atoms with Crippen LogP contribution in [0.4, 0.5) is 10.6 Å². The minimum absolute atomic E-state index is 0.326. The Balaban J connectivity index is 1.70. The number of hydrogen-bond donors (Lipinski definition) is 0. The van der Waals surface area contributed by atoms with Crippen LogP contribution in [0.1, 0.15) is 38.4 Å². The molecule has 0 atom stereocenters. The number of amides is 1. The summed E-state index contributed by atoms with van der Waals surface area (Å²) in [5, 5.41) is 2.90. The number of rotatable bonds is 4. The largest absolute Gasteiger partial charge is 0.484 e. The van der Waals surface area contributed by atoms with Crippen LogP contribution in [0.3, 0.4) is 0 Å². The van der Waals surface area contributed by atoms with Crippen molar-refractivity contribution in [3.05, 3.63) is 40.9 Å². The Morgan fingerprint density at radius 2 is 2.16 bits per heavy atom. The normalized spacial score (nSPS) is 14.1. The van der Waals surface area contributed by atoms with Gasteiger partial charge in [-0.05, 0) is 62.8 Å². The topological polar surface area (TPSA) is 51.7 Å². The molecule has 0 saturated carbocycles. The van der Waals surface area contributed by atoms with Crippen LogP contribution in [0, 0.1) is 0 Å². The van der Waals surface area contributed by atoms with Gasteiger partial charge in [-0.2, -0.15) is 0 Å². The van der Waals surface area contributed by atoms with Crippen molar-refractivity contribution in [1.82, 2.24) is 4.98 Å². The van der Waals surface area contributed by atoms with E-state index in [0.29, 0.717) is 19.6 Å².